The second-order valence-electron chi connectivity index (χ2n) is 12.8. The largest absolute Gasteiger partial charge is 0.356 e. The van der Waals surface area contributed by atoms with Gasteiger partial charge in [0.25, 0.3) is 0 Å². The van der Waals surface area contributed by atoms with Crippen LogP contribution in [0.15, 0.2) is 30.6 Å². The Morgan fingerprint density at radius 3 is 2.43 bits per heavy atom. The van der Waals surface area contributed by atoms with Crippen molar-refractivity contribution in [1.29, 1.82) is 0 Å². The summed E-state index contributed by atoms with van der Waals surface area (Å²) in [6.45, 7) is 5.16. The fraction of sp³-hybridized carbons (Fsp3) is 0.562. The van der Waals surface area contributed by atoms with Gasteiger partial charge in [-0.15, -0.1) is 0 Å². The Bertz CT molecular complexity index is 1580. The van der Waals surface area contributed by atoms with Crippen LogP contribution >= 0.6 is 11.6 Å². The predicted octanol–water partition coefficient (Wildman–Crippen LogP) is 3.69. The van der Waals surface area contributed by atoms with E-state index in [0.29, 0.717) is 68.6 Å². The van der Waals surface area contributed by atoms with E-state index in [-0.39, 0.29) is 35.6 Å². The summed E-state index contributed by atoms with van der Waals surface area (Å²) in [5.74, 6) is 0.0856. The third-order valence-electron chi connectivity index (χ3n) is 10.0. The van der Waals surface area contributed by atoms with E-state index >= 15 is 0 Å². The van der Waals surface area contributed by atoms with Crippen molar-refractivity contribution in [2.45, 2.75) is 76.0 Å². The SMILES string of the molecule is O=C(CC(Nc1nc(Cl)nc2[nH]cnc12)C(=O)N1CCC(N2CCCCC2)CC1)N1CCC(N2Cc3ccccc3NC2=O)CC1. The second-order valence-corrected chi connectivity index (χ2v) is 13.2. The number of hydrogen-bond donors (Lipinski definition) is 3. The number of carbonyl (C=O) groups is 3. The van der Waals surface area contributed by atoms with Gasteiger partial charge in [0.05, 0.1) is 12.7 Å². The van der Waals surface area contributed by atoms with E-state index in [9.17, 15) is 14.4 Å². The van der Waals surface area contributed by atoms with Gasteiger partial charge in [0.15, 0.2) is 11.5 Å². The minimum Gasteiger partial charge on any atom is -0.356 e. The van der Waals surface area contributed by atoms with Crippen molar-refractivity contribution in [3.63, 3.8) is 0 Å². The average Bonchev–Trinajstić information content (AvgIpc) is 3.57. The van der Waals surface area contributed by atoms with E-state index in [0.717, 1.165) is 37.2 Å². The van der Waals surface area contributed by atoms with Crippen molar-refractivity contribution in [3.05, 3.63) is 41.4 Å². The van der Waals surface area contributed by atoms with Gasteiger partial charge in [-0.05, 0) is 74.8 Å². The molecule has 0 radical (unpaired) electrons. The zero-order chi connectivity index (χ0) is 31.6. The second kappa shape index (κ2) is 13.4. The molecule has 0 bridgehead atoms. The van der Waals surface area contributed by atoms with Gasteiger partial charge >= 0.3 is 6.03 Å². The van der Waals surface area contributed by atoms with Gasteiger partial charge in [0, 0.05) is 50.5 Å². The summed E-state index contributed by atoms with van der Waals surface area (Å²) in [5, 5.41) is 6.25. The standard InChI is InChI=1S/C32H41ClN10O3/c33-31-38-28-27(34-20-35-28)29(39-31)36-25(30(45)42-16-8-22(9-17-42)40-12-4-1-5-13-40)18-26(44)41-14-10-23(11-15-41)43-19-21-6-2-3-7-24(21)37-32(43)46/h2-3,6-7,20,22-23,25H,1,4-5,8-19H2,(H,37,46)(H2,34,35,36,38,39). The van der Waals surface area contributed by atoms with E-state index in [1.54, 1.807) is 0 Å². The number of aromatic amines is 1. The Morgan fingerprint density at radius 1 is 0.935 bits per heavy atom. The number of urea groups is 1. The summed E-state index contributed by atoms with van der Waals surface area (Å²) < 4.78 is 0. The van der Waals surface area contributed by atoms with Crippen LogP contribution in [0.1, 0.15) is 56.9 Å². The van der Waals surface area contributed by atoms with Gasteiger partial charge in [-0.25, -0.2) is 9.78 Å². The van der Waals surface area contributed by atoms with Gasteiger partial charge < -0.3 is 35.2 Å². The van der Waals surface area contributed by atoms with Crippen molar-refractivity contribution in [2.75, 3.05) is 49.9 Å². The zero-order valence-electron chi connectivity index (χ0n) is 26.0. The van der Waals surface area contributed by atoms with Gasteiger partial charge in [0.2, 0.25) is 17.1 Å². The van der Waals surface area contributed by atoms with Crippen LogP contribution in [0.5, 0.6) is 0 Å². The van der Waals surface area contributed by atoms with Crippen LogP contribution in [0, 0.1) is 0 Å². The van der Waals surface area contributed by atoms with Gasteiger partial charge in [0.1, 0.15) is 11.6 Å². The van der Waals surface area contributed by atoms with Crippen LogP contribution in [0.4, 0.5) is 16.3 Å². The first-order valence-corrected chi connectivity index (χ1v) is 16.9. The minimum absolute atomic E-state index is 0.0190. The molecule has 4 amide bonds. The molecule has 4 aliphatic heterocycles. The van der Waals surface area contributed by atoms with E-state index in [4.69, 9.17) is 11.6 Å². The first kappa shape index (κ1) is 30.7. The number of H-pyrrole nitrogens is 1. The lowest BCUT2D eigenvalue weighted by Gasteiger charge is -2.41. The number of nitrogens with one attached hydrogen (secondary N) is 3. The normalized spacial score (nSPS) is 20.8. The molecule has 1 aromatic carbocycles. The quantitative estimate of drug-likeness (QED) is 0.329. The monoisotopic (exact) mass is 648 g/mol. The third kappa shape index (κ3) is 6.48. The highest BCUT2D eigenvalue weighted by Crippen LogP contribution is 2.29. The number of amides is 4. The molecule has 2 aromatic heterocycles. The highest BCUT2D eigenvalue weighted by molar-refractivity contribution is 6.28. The molecule has 14 heteroatoms. The summed E-state index contributed by atoms with van der Waals surface area (Å²) in [4.78, 5) is 64.7. The number of hydrogen-bond acceptors (Lipinski definition) is 8. The molecule has 244 valence electrons. The molecule has 6 heterocycles. The maximum absolute atomic E-state index is 14.1. The lowest BCUT2D eigenvalue weighted by molar-refractivity contribution is -0.139. The molecule has 7 rings (SSSR count). The number of para-hydroxylation sites is 1. The Morgan fingerprint density at radius 2 is 1.65 bits per heavy atom. The van der Waals surface area contributed by atoms with Crippen molar-refractivity contribution < 1.29 is 14.4 Å². The van der Waals surface area contributed by atoms with Crippen LogP contribution in [0.3, 0.4) is 0 Å². The Balaban J connectivity index is 1.02. The molecule has 3 fully saturated rings. The molecule has 3 N–H and O–H groups in total. The van der Waals surface area contributed by atoms with Gasteiger partial charge in [-0.1, -0.05) is 24.6 Å². The molecule has 3 saturated heterocycles. The first-order valence-electron chi connectivity index (χ1n) is 16.5. The highest BCUT2D eigenvalue weighted by Gasteiger charge is 2.36. The van der Waals surface area contributed by atoms with Crippen molar-refractivity contribution in [3.8, 4) is 0 Å². The van der Waals surface area contributed by atoms with Crippen LogP contribution in [-0.2, 0) is 16.1 Å². The van der Waals surface area contributed by atoms with Crippen LogP contribution in [-0.4, -0.2) is 115 Å². The van der Waals surface area contributed by atoms with Crippen LogP contribution in [0.25, 0.3) is 11.2 Å². The number of piperidine rings is 3. The molecule has 0 spiro atoms. The summed E-state index contributed by atoms with van der Waals surface area (Å²) in [7, 11) is 0. The average molecular weight is 649 g/mol. The number of nitrogens with zero attached hydrogens (tertiary/aromatic N) is 7. The van der Waals surface area contributed by atoms with Crippen molar-refractivity contribution in [1.82, 2.24) is 39.5 Å². The van der Waals surface area contributed by atoms with Gasteiger partial charge in [-0.3, -0.25) is 9.59 Å². The highest BCUT2D eigenvalue weighted by atomic mass is 35.5. The number of likely N-dealkylation sites (tertiary alicyclic amines) is 3. The van der Waals surface area contributed by atoms with Crippen molar-refractivity contribution >= 4 is 52.1 Å². The number of fused-ring (bicyclic) bond motifs is 2. The Kier molecular flexibility index (Phi) is 8.94. The summed E-state index contributed by atoms with van der Waals surface area (Å²) in [6.07, 6.45) is 8.46. The summed E-state index contributed by atoms with van der Waals surface area (Å²) >= 11 is 6.21. The predicted molar refractivity (Wildman–Crippen MR) is 174 cm³/mol. The molecule has 0 aliphatic carbocycles. The Hall–Kier alpha value is -3.97. The molecule has 0 saturated carbocycles. The van der Waals surface area contributed by atoms with E-state index in [1.807, 2.05) is 39.0 Å². The number of rotatable bonds is 7. The molecular weight excluding hydrogens is 608 g/mol. The zero-order valence-corrected chi connectivity index (χ0v) is 26.7. The molecule has 46 heavy (non-hydrogen) atoms. The number of carbonyl (C=O) groups excluding carboxylic acids is 3. The lowest BCUT2D eigenvalue weighted by atomic mass is 9.98. The first-order chi connectivity index (χ1) is 22.4. The number of benzene rings is 1. The molecule has 1 atom stereocenters. The molecular formula is C32H41ClN10O3. The smallest absolute Gasteiger partial charge is 0.322 e. The molecule has 13 nitrogen and oxygen atoms in total. The number of anilines is 2. The molecule has 1 unspecified atom stereocenters. The summed E-state index contributed by atoms with van der Waals surface area (Å²) in [6, 6.07) is 7.43. The number of imidazole rings is 1. The van der Waals surface area contributed by atoms with Gasteiger partial charge in [-0.2, -0.15) is 9.97 Å². The van der Waals surface area contributed by atoms with Crippen LogP contribution in [0.2, 0.25) is 5.28 Å². The van der Waals surface area contributed by atoms with E-state index in [2.05, 4.69) is 35.5 Å². The van der Waals surface area contributed by atoms with Crippen LogP contribution < -0.4 is 10.6 Å². The number of halogens is 1. The minimum atomic E-state index is -0.841. The maximum atomic E-state index is 14.1. The molecule has 3 aromatic rings. The fourth-order valence-electron chi connectivity index (χ4n) is 7.48. The van der Waals surface area contributed by atoms with E-state index in [1.165, 1.54) is 25.6 Å². The third-order valence-corrected chi connectivity index (χ3v) is 10.2. The number of aromatic nitrogens is 4. The lowest BCUT2D eigenvalue weighted by Crippen LogP contribution is -2.53. The maximum Gasteiger partial charge on any atom is 0.322 e. The summed E-state index contributed by atoms with van der Waals surface area (Å²) in [5.41, 5.74) is 2.85. The molecule has 4 aliphatic rings. The van der Waals surface area contributed by atoms with Crippen molar-refractivity contribution in [2.24, 2.45) is 0 Å². The Labute approximate surface area is 273 Å². The van der Waals surface area contributed by atoms with E-state index < -0.39 is 6.04 Å². The fourth-order valence-corrected chi connectivity index (χ4v) is 7.65. The topological polar surface area (TPSA) is 143 Å².